The van der Waals surface area contributed by atoms with Crippen LogP contribution in [0.2, 0.25) is 10.0 Å². The molecule has 0 amide bonds. The van der Waals surface area contributed by atoms with E-state index in [-0.39, 0.29) is 5.54 Å². The summed E-state index contributed by atoms with van der Waals surface area (Å²) in [5.41, 5.74) is 0.123. The Morgan fingerprint density at radius 3 is 2.53 bits per heavy atom. The van der Waals surface area contributed by atoms with Crippen LogP contribution < -0.4 is 10.2 Å². The Bertz CT molecular complexity index is 375. The molecule has 0 unspecified atom stereocenters. The van der Waals surface area contributed by atoms with E-state index in [1.807, 2.05) is 11.9 Å². The largest absolute Gasteiger partial charge is 0.357 e. The lowest BCUT2D eigenvalue weighted by molar-refractivity contribution is 0.430. The number of aromatic nitrogens is 1. The molecular weight excluding hydrogens is 257 g/mol. The average molecular weight is 276 g/mol. The lowest BCUT2D eigenvalue weighted by Crippen LogP contribution is -2.40. The molecule has 0 atom stereocenters. The van der Waals surface area contributed by atoms with Gasteiger partial charge in [0.2, 0.25) is 0 Å². The molecule has 1 aromatic rings. The van der Waals surface area contributed by atoms with Gasteiger partial charge in [0, 0.05) is 31.9 Å². The number of anilines is 1. The molecule has 0 aliphatic heterocycles. The van der Waals surface area contributed by atoms with Crippen molar-refractivity contribution in [2.45, 2.75) is 26.3 Å². The molecule has 0 radical (unpaired) electrons. The van der Waals surface area contributed by atoms with Gasteiger partial charge in [-0.15, -0.1) is 0 Å². The second-order valence-corrected chi connectivity index (χ2v) is 5.90. The molecule has 0 aromatic carbocycles. The third-order valence-electron chi connectivity index (χ3n) is 2.25. The van der Waals surface area contributed by atoms with Crippen LogP contribution >= 0.6 is 23.2 Å². The Kier molecular flexibility index (Phi) is 5.04. The number of hydrogen-bond donors (Lipinski definition) is 1. The predicted octanol–water partition coefficient (Wildman–Crippen LogP) is 3.21. The Morgan fingerprint density at radius 2 is 2.00 bits per heavy atom. The molecule has 1 aromatic heterocycles. The smallest absolute Gasteiger partial charge is 0.147 e. The van der Waals surface area contributed by atoms with Crippen molar-refractivity contribution in [1.29, 1.82) is 0 Å². The molecule has 0 aliphatic carbocycles. The monoisotopic (exact) mass is 275 g/mol. The van der Waals surface area contributed by atoms with Crippen LogP contribution in [-0.4, -0.2) is 30.7 Å². The minimum Gasteiger partial charge on any atom is -0.357 e. The van der Waals surface area contributed by atoms with Crippen LogP contribution in [0.4, 0.5) is 5.82 Å². The number of nitrogens with zero attached hydrogens (tertiary/aromatic N) is 2. The summed E-state index contributed by atoms with van der Waals surface area (Å²) in [5.74, 6) is 0.756. The number of likely N-dealkylation sites (N-methyl/N-ethyl adjacent to an activating group) is 1. The summed E-state index contributed by atoms with van der Waals surface area (Å²) in [6.07, 6.45) is 1.61. The van der Waals surface area contributed by atoms with Crippen LogP contribution in [0.25, 0.3) is 0 Å². The first-order chi connectivity index (χ1) is 7.79. The number of halogens is 2. The Hall–Kier alpha value is -0.510. The van der Waals surface area contributed by atoms with Gasteiger partial charge in [-0.1, -0.05) is 23.2 Å². The van der Waals surface area contributed by atoms with Gasteiger partial charge < -0.3 is 10.2 Å². The van der Waals surface area contributed by atoms with Gasteiger partial charge in [0.05, 0.1) is 10.0 Å². The van der Waals surface area contributed by atoms with Crippen LogP contribution in [0.3, 0.4) is 0 Å². The molecule has 1 heterocycles. The first-order valence-electron chi connectivity index (χ1n) is 5.57. The molecule has 1 rings (SSSR count). The first-order valence-corrected chi connectivity index (χ1v) is 6.32. The minimum atomic E-state index is 0.123. The highest BCUT2D eigenvalue weighted by Crippen LogP contribution is 2.24. The maximum atomic E-state index is 6.08. The fourth-order valence-corrected chi connectivity index (χ4v) is 1.92. The maximum Gasteiger partial charge on any atom is 0.147 e. The molecule has 5 heteroatoms. The van der Waals surface area contributed by atoms with Gasteiger partial charge in [-0.2, -0.15) is 0 Å². The van der Waals surface area contributed by atoms with E-state index >= 15 is 0 Å². The molecule has 0 saturated heterocycles. The van der Waals surface area contributed by atoms with Crippen molar-refractivity contribution >= 4 is 29.0 Å². The van der Waals surface area contributed by atoms with Gasteiger partial charge >= 0.3 is 0 Å². The summed E-state index contributed by atoms with van der Waals surface area (Å²) in [7, 11) is 1.96. The molecule has 0 fully saturated rings. The molecule has 96 valence electrons. The SMILES string of the molecule is CN(CCNC(C)(C)C)c1ncc(Cl)cc1Cl. The Labute approximate surface area is 113 Å². The van der Waals surface area contributed by atoms with Crippen molar-refractivity contribution in [1.82, 2.24) is 10.3 Å². The normalized spacial score (nSPS) is 11.6. The molecule has 0 spiro atoms. The fraction of sp³-hybridized carbons (Fsp3) is 0.583. The average Bonchev–Trinajstić information content (AvgIpc) is 2.15. The van der Waals surface area contributed by atoms with E-state index in [4.69, 9.17) is 23.2 Å². The molecule has 0 bridgehead atoms. The highest BCUT2D eigenvalue weighted by atomic mass is 35.5. The molecule has 0 aliphatic rings. The highest BCUT2D eigenvalue weighted by Gasteiger charge is 2.11. The van der Waals surface area contributed by atoms with Crippen molar-refractivity contribution in [2.75, 3.05) is 25.0 Å². The lowest BCUT2D eigenvalue weighted by Gasteiger charge is -2.24. The Balaban J connectivity index is 2.55. The van der Waals surface area contributed by atoms with Crippen molar-refractivity contribution in [3.05, 3.63) is 22.3 Å². The van der Waals surface area contributed by atoms with Gasteiger partial charge in [0.25, 0.3) is 0 Å². The van der Waals surface area contributed by atoms with Crippen molar-refractivity contribution in [3.8, 4) is 0 Å². The first kappa shape index (κ1) is 14.6. The van der Waals surface area contributed by atoms with Crippen molar-refractivity contribution < 1.29 is 0 Å². The molecule has 0 saturated carbocycles. The van der Waals surface area contributed by atoms with Crippen LogP contribution in [0.5, 0.6) is 0 Å². The van der Waals surface area contributed by atoms with Crippen molar-refractivity contribution in [3.63, 3.8) is 0 Å². The topological polar surface area (TPSA) is 28.2 Å². The van der Waals surface area contributed by atoms with E-state index in [2.05, 4.69) is 31.1 Å². The molecule has 3 nitrogen and oxygen atoms in total. The van der Waals surface area contributed by atoms with E-state index < -0.39 is 0 Å². The van der Waals surface area contributed by atoms with Crippen molar-refractivity contribution in [2.24, 2.45) is 0 Å². The molecule has 17 heavy (non-hydrogen) atoms. The highest BCUT2D eigenvalue weighted by molar-refractivity contribution is 6.35. The van der Waals surface area contributed by atoms with E-state index in [1.165, 1.54) is 0 Å². The van der Waals surface area contributed by atoms with Crippen LogP contribution in [-0.2, 0) is 0 Å². The van der Waals surface area contributed by atoms with E-state index in [1.54, 1.807) is 12.3 Å². The summed E-state index contributed by atoms with van der Waals surface area (Å²) in [6.45, 7) is 8.13. The zero-order chi connectivity index (χ0) is 13.1. The summed E-state index contributed by atoms with van der Waals surface area (Å²) < 4.78 is 0. The summed E-state index contributed by atoms with van der Waals surface area (Å²) >= 11 is 11.9. The Morgan fingerprint density at radius 1 is 1.35 bits per heavy atom. The van der Waals surface area contributed by atoms with Crippen LogP contribution in [0, 0.1) is 0 Å². The zero-order valence-electron chi connectivity index (χ0n) is 10.7. The van der Waals surface area contributed by atoms with Gasteiger partial charge in [-0.05, 0) is 26.8 Å². The number of rotatable bonds is 4. The number of nitrogens with one attached hydrogen (secondary N) is 1. The summed E-state index contributed by atoms with van der Waals surface area (Å²) in [6, 6.07) is 1.71. The van der Waals surface area contributed by atoms with E-state index in [9.17, 15) is 0 Å². The minimum absolute atomic E-state index is 0.123. The maximum absolute atomic E-state index is 6.08. The third kappa shape index (κ3) is 5.11. The summed E-state index contributed by atoms with van der Waals surface area (Å²) in [5, 5.41) is 4.55. The predicted molar refractivity (Wildman–Crippen MR) is 75.3 cm³/mol. The summed E-state index contributed by atoms with van der Waals surface area (Å²) in [4.78, 5) is 6.24. The van der Waals surface area contributed by atoms with E-state index in [0.29, 0.717) is 10.0 Å². The van der Waals surface area contributed by atoms with Gasteiger partial charge in [0.1, 0.15) is 5.82 Å². The van der Waals surface area contributed by atoms with Crippen LogP contribution in [0.1, 0.15) is 20.8 Å². The zero-order valence-corrected chi connectivity index (χ0v) is 12.2. The van der Waals surface area contributed by atoms with Gasteiger partial charge in [0.15, 0.2) is 0 Å². The third-order valence-corrected chi connectivity index (χ3v) is 2.74. The quantitative estimate of drug-likeness (QED) is 0.915. The van der Waals surface area contributed by atoms with Gasteiger partial charge in [-0.25, -0.2) is 4.98 Å². The lowest BCUT2D eigenvalue weighted by atomic mass is 10.1. The second-order valence-electron chi connectivity index (χ2n) is 5.06. The standard InChI is InChI=1S/C12H19Cl2N3/c1-12(2,3)16-5-6-17(4)11-10(14)7-9(13)8-15-11/h7-8,16H,5-6H2,1-4H3. The number of hydrogen-bond acceptors (Lipinski definition) is 3. The second kappa shape index (κ2) is 5.89. The van der Waals surface area contributed by atoms with E-state index in [0.717, 1.165) is 18.9 Å². The molecule has 1 N–H and O–H groups in total. The van der Waals surface area contributed by atoms with Crippen LogP contribution in [0.15, 0.2) is 12.3 Å². The number of pyridine rings is 1. The fourth-order valence-electron chi connectivity index (χ4n) is 1.39. The van der Waals surface area contributed by atoms with Gasteiger partial charge in [-0.3, -0.25) is 0 Å². The molecular formula is C12H19Cl2N3.